The Morgan fingerprint density at radius 2 is 1.59 bits per heavy atom. The van der Waals surface area contributed by atoms with Crippen LogP contribution < -0.4 is 4.74 Å². The number of benzene rings is 3. The van der Waals surface area contributed by atoms with E-state index in [0.717, 1.165) is 19.8 Å². The monoisotopic (exact) mass is 592 g/mol. The van der Waals surface area contributed by atoms with Crippen LogP contribution in [-0.4, -0.2) is 31.3 Å². The van der Waals surface area contributed by atoms with Crippen molar-refractivity contribution < 1.29 is 18.6 Å². The standard InChI is InChI=1S/C16H13BrF2N2O2.C8H7BrN2/c1-21-14(11-8-9(17)6-7-12(11)20-21)15(22)10-4-2-3-5-13(10)23-16(18)19;1-11-5-6-4-7(9)2-3-8(6)10-11/h2-8,15-16,22H,1H3;2-5H,1H3. The van der Waals surface area contributed by atoms with Crippen molar-refractivity contribution >= 4 is 53.7 Å². The van der Waals surface area contributed by atoms with E-state index in [1.165, 1.54) is 11.5 Å². The van der Waals surface area contributed by atoms with Gasteiger partial charge in [0.05, 0.1) is 16.7 Å². The highest BCUT2D eigenvalue weighted by atomic mass is 79.9. The Kier molecular flexibility index (Phi) is 7.30. The first-order chi connectivity index (χ1) is 16.2. The second-order valence-electron chi connectivity index (χ2n) is 7.50. The van der Waals surface area contributed by atoms with Gasteiger partial charge in [-0.1, -0.05) is 50.1 Å². The van der Waals surface area contributed by atoms with E-state index in [0.29, 0.717) is 11.2 Å². The molecule has 6 nitrogen and oxygen atoms in total. The molecule has 1 atom stereocenters. The summed E-state index contributed by atoms with van der Waals surface area (Å²) in [6.45, 7) is -2.96. The summed E-state index contributed by atoms with van der Waals surface area (Å²) in [5.41, 5.74) is 2.51. The molecule has 34 heavy (non-hydrogen) atoms. The number of aryl methyl sites for hydroxylation is 2. The number of nitrogens with zero attached hydrogens (tertiary/aromatic N) is 4. The summed E-state index contributed by atoms with van der Waals surface area (Å²) < 4.78 is 34.9. The second kappa shape index (κ2) is 10.2. The van der Waals surface area contributed by atoms with E-state index < -0.39 is 12.7 Å². The van der Waals surface area contributed by atoms with Crippen molar-refractivity contribution in [2.45, 2.75) is 12.7 Å². The zero-order valence-corrected chi connectivity index (χ0v) is 21.3. The number of para-hydroxylation sites is 1. The van der Waals surface area contributed by atoms with Crippen molar-refractivity contribution in [2.75, 3.05) is 0 Å². The van der Waals surface area contributed by atoms with Crippen molar-refractivity contribution in [2.24, 2.45) is 14.1 Å². The average Bonchev–Trinajstić information content (AvgIpc) is 3.31. The van der Waals surface area contributed by atoms with E-state index in [-0.39, 0.29) is 11.3 Å². The fourth-order valence-corrected chi connectivity index (χ4v) is 4.43. The Labute approximate surface area is 211 Å². The van der Waals surface area contributed by atoms with Gasteiger partial charge in [-0.25, -0.2) is 0 Å². The van der Waals surface area contributed by atoms with E-state index in [1.807, 2.05) is 48.3 Å². The maximum atomic E-state index is 12.6. The lowest BCUT2D eigenvalue weighted by atomic mass is 10.0. The highest BCUT2D eigenvalue weighted by molar-refractivity contribution is 9.10. The minimum atomic E-state index is -2.96. The summed E-state index contributed by atoms with van der Waals surface area (Å²) in [6, 6.07) is 17.7. The molecule has 0 saturated carbocycles. The van der Waals surface area contributed by atoms with Gasteiger partial charge in [0.1, 0.15) is 11.9 Å². The van der Waals surface area contributed by atoms with Crippen molar-refractivity contribution in [1.29, 1.82) is 0 Å². The Morgan fingerprint density at radius 3 is 2.32 bits per heavy atom. The van der Waals surface area contributed by atoms with Gasteiger partial charge in [0, 0.05) is 45.6 Å². The molecule has 0 radical (unpaired) electrons. The molecule has 5 aromatic rings. The molecule has 1 N–H and O–H groups in total. The third-order valence-electron chi connectivity index (χ3n) is 5.11. The molecule has 176 valence electrons. The lowest BCUT2D eigenvalue weighted by molar-refractivity contribution is -0.0513. The third kappa shape index (κ3) is 5.29. The molecular weight excluding hydrogens is 574 g/mol. The van der Waals surface area contributed by atoms with Crippen LogP contribution in [0.15, 0.2) is 75.8 Å². The molecule has 2 heterocycles. The number of hydrogen-bond donors (Lipinski definition) is 1. The molecule has 0 aliphatic heterocycles. The van der Waals surface area contributed by atoms with Gasteiger partial charge in [-0.05, 0) is 42.5 Å². The fourth-order valence-electron chi connectivity index (χ4n) is 3.69. The van der Waals surface area contributed by atoms with Crippen molar-refractivity contribution in [3.63, 3.8) is 0 Å². The largest absolute Gasteiger partial charge is 0.434 e. The molecular formula is C24H20Br2F2N4O2. The Morgan fingerprint density at radius 1 is 0.912 bits per heavy atom. The van der Waals surface area contributed by atoms with Crippen LogP contribution in [0.2, 0.25) is 0 Å². The Hall–Kier alpha value is -2.82. The summed E-state index contributed by atoms with van der Waals surface area (Å²) in [5, 5.41) is 21.2. The Balaban J connectivity index is 0.000000207. The van der Waals surface area contributed by atoms with Crippen LogP contribution in [0.1, 0.15) is 17.4 Å². The number of aromatic nitrogens is 4. The fraction of sp³-hybridized carbons (Fsp3) is 0.167. The van der Waals surface area contributed by atoms with Crippen molar-refractivity contribution in [3.8, 4) is 5.75 Å². The lowest BCUT2D eigenvalue weighted by Gasteiger charge is -2.16. The van der Waals surface area contributed by atoms with E-state index >= 15 is 0 Å². The maximum Gasteiger partial charge on any atom is 0.387 e. The SMILES string of the molecule is Cn1cc2cc(Br)ccc2n1.Cn1nc2ccc(Br)cc2c1C(O)c1ccccc1OC(F)F. The van der Waals surface area contributed by atoms with Gasteiger partial charge in [-0.2, -0.15) is 19.0 Å². The number of aliphatic hydroxyl groups excluding tert-OH is 1. The van der Waals surface area contributed by atoms with Crippen LogP contribution in [0.3, 0.4) is 0 Å². The maximum absolute atomic E-state index is 12.6. The van der Waals surface area contributed by atoms with Crippen LogP contribution in [0, 0.1) is 0 Å². The van der Waals surface area contributed by atoms with Crippen LogP contribution >= 0.6 is 31.9 Å². The van der Waals surface area contributed by atoms with Crippen molar-refractivity contribution in [1.82, 2.24) is 19.6 Å². The molecule has 0 spiro atoms. The van der Waals surface area contributed by atoms with Crippen molar-refractivity contribution in [3.05, 3.63) is 87.1 Å². The highest BCUT2D eigenvalue weighted by Gasteiger charge is 2.23. The molecule has 3 aromatic carbocycles. The highest BCUT2D eigenvalue weighted by Crippen LogP contribution is 2.35. The summed E-state index contributed by atoms with van der Waals surface area (Å²) in [6.07, 6.45) is 0.856. The number of rotatable bonds is 4. The van der Waals surface area contributed by atoms with Crippen LogP contribution in [-0.2, 0) is 14.1 Å². The molecule has 0 bridgehead atoms. The van der Waals surface area contributed by atoms with Gasteiger partial charge in [0.2, 0.25) is 0 Å². The van der Waals surface area contributed by atoms with Crippen LogP contribution in [0.5, 0.6) is 5.75 Å². The molecule has 1 unspecified atom stereocenters. The van der Waals surface area contributed by atoms with Gasteiger partial charge in [0.25, 0.3) is 0 Å². The number of fused-ring (bicyclic) bond motifs is 2. The smallest absolute Gasteiger partial charge is 0.387 e. The van der Waals surface area contributed by atoms with Gasteiger partial charge in [-0.3, -0.25) is 9.36 Å². The molecule has 0 aliphatic carbocycles. The minimum absolute atomic E-state index is 0.0562. The normalized spacial score (nSPS) is 12.1. The van der Waals surface area contributed by atoms with Gasteiger partial charge < -0.3 is 9.84 Å². The molecule has 0 fully saturated rings. The molecule has 5 rings (SSSR count). The molecule has 0 saturated heterocycles. The molecule has 10 heteroatoms. The van der Waals surface area contributed by atoms with Gasteiger partial charge >= 0.3 is 6.61 Å². The van der Waals surface area contributed by atoms with Crippen LogP contribution in [0.4, 0.5) is 8.78 Å². The molecule has 0 amide bonds. The minimum Gasteiger partial charge on any atom is -0.434 e. The second-order valence-corrected chi connectivity index (χ2v) is 9.33. The lowest BCUT2D eigenvalue weighted by Crippen LogP contribution is -2.11. The molecule has 0 aliphatic rings. The topological polar surface area (TPSA) is 65.1 Å². The first-order valence-electron chi connectivity index (χ1n) is 10.2. The van der Waals surface area contributed by atoms with Crippen LogP contribution in [0.25, 0.3) is 21.8 Å². The predicted molar refractivity (Wildman–Crippen MR) is 134 cm³/mol. The average molecular weight is 594 g/mol. The zero-order valence-electron chi connectivity index (χ0n) is 18.2. The number of hydrogen-bond acceptors (Lipinski definition) is 4. The van der Waals surface area contributed by atoms with E-state index in [2.05, 4.69) is 52.9 Å². The van der Waals surface area contributed by atoms with E-state index in [1.54, 1.807) is 29.9 Å². The first kappa shape index (κ1) is 24.3. The zero-order chi connectivity index (χ0) is 24.4. The predicted octanol–water partition coefficient (Wildman–Crippen LogP) is 6.35. The summed E-state index contributed by atoms with van der Waals surface area (Å²) >= 11 is 6.79. The summed E-state index contributed by atoms with van der Waals surface area (Å²) in [4.78, 5) is 0. The summed E-state index contributed by atoms with van der Waals surface area (Å²) in [5.74, 6) is -0.0562. The van der Waals surface area contributed by atoms with Gasteiger partial charge in [0.15, 0.2) is 0 Å². The number of alkyl halides is 2. The molecule has 2 aromatic heterocycles. The first-order valence-corrected chi connectivity index (χ1v) is 11.7. The summed E-state index contributed by atoms with van der Waals surface area (Å²) in [7, 11) is 3.62. The number of halogens is 4. The Bertz CT molecular complexity index is 1450. The number of aliphatic hydroxyl groups is 1. The number of ether oxygens (including phenoxy) is 1. The third-order valence-corrected chi connectivity index (χ3v) is 6.10. The van der Waals surface area contributed by atoms with Gasteiger partial charge in [-0.15, -0.1) is 0 Å². The van der Waals surface area contributed by atoms with E-state index in [9.17, 15) is 13.9 Å². The quantitative estimate of drug-likeness (QED) is 0.263. The van der Waals surface area contributed by atoms with E-state index in [4.69, 9.17) is 0 Å².